The molecule has 0 saturated heterocycles. The molecule has 2 rings (SSSR count). The second kappa shape index (κ2) is 13.0. The molecule has 0 saturated carbocycles. The molecule has 0 heterocycles. The van der Waals surface area contributed by atoms with Gasteiger partial charge in [0.15, 0.2) is 0 Å². The minimum atomic E-state index is -0.195. The Morgan fingerprint density at radius 3 is 1.37 bits per heavy atom. The normalized spacial score (nSPS) is 12.9. The van der Waals surface area contributed by atoms with Crippen LogP contribution in [0.2, 0.25) is 0 Å². The minimum Gasteiger partial charge on any atom is -0.491 e. The summed E-state index contributed by atoms with van der Waals surface area (Å²) >= 11 is 0. The summed E-state index contributed by atoms with van der Waals surface area (Å²) < 4.78 is 21.8. The number of rotatable bonds is 14. The highest BCUT2D eigenvalue weighted by molar-refractivity contribution is 5.91. The monoisotopic (exact) mass is 414 g/mol. The van der Waals surface area contributed by atoms with Gasteiger partial charge in [-0.15, -0.1) is 0 Å². The standard InChI is InChI=1S/C25H34O5/c1-5-27-15-17-29-23-11-7-21(8-12-23)19(3)25(26)20(4)22-9-13-24(14-10-22)30-18-16-28-6-2/h7-14,19-20H,5-6,15-18H2,1-4H3. The number of benzene rings is 2. The van der Waals surface area contributed by atoms with Gasteiger partial charge in [0, 0.05) is 25.0 Å². The van der Waals surface area contributed by atoms with Crippen molar-refractivity contribution in [1.82, 2.24) is 0 Å². The van der Waals surface area contributed by atoms with Gasteiger partial charge < -0.3 is 18.9 Å². The van der Waals surface area contributed by atoms with E-state index in [0.717, 1.165) is 22.6 Å². The first kappa shape index (κ1) is 23.9. The third kappa shape index (κ3) is 7.47. The van der Waals surface area contributed by atoms with E-state index in [0.29, 0.717) is 39.6 Å². The van der Waals surface area contributed by atoms with Crippen LogP contribution in [0.5, 0.6) is 11.5 Å². The maximum Gasteiger partial charge on any atom is 0.147 e. The lowest BCUT2D eigenvalue weighted by atomic mass is 9.86. The van der Waals surface area contributed by atoms with Crippen LogP contribution < -0.4 is 9.47 Å². The van der Waals surface area contributed by atoms with Crippen LogP contribution in [0, 0.1) is 0 Å². The zero-order valence-electron chi connectivity index (χ0n) is 18.6. The molecule has 2 unspecified atom stereocenters. The summed E-state index contributed by atoms with van der Waals surface area (Å²) in [6.07, 6.45) is 0. The molecule has 0 N–H and O–H groups in total. The van der Waals surface area contributed by atoms with Crippen LogP contribution >= 0.6 is 0 Å². The Morgan fingerprint density at radius 1 is 0.667 bits per heavy atom. The molecule has 0 aliphatic rings. The van der Waals surface area contributed by atoms with Crippen molar-refractivity contribution < 1.29 is 23.7 Å². The molecule has 0 spiro atoms. The van der Waals surface area contributed by atoms with Crippen molar-refractivity contribution in [3.05, 3.63) is 59.7 Å². The SMILES string of the molecule is CCOCCOc1ccc(C(C)C(=O)C(C)c2ccc(OCCOCC)cc2)cc1. The largest absolute Gasteiger partial charge is 0.491 e. The summed E-state index contributed by atoms with van der Waals surface area (Å²) in [7, 11) is 0. The van der Waals surface area contributed by atoms with Crippen LogP contribution in [0.1, 0.15) is 50.7 Å². The Morgan fingerprint density at radius 2 is 1.03 bits per heavy atom. The van der Waals surface area contributed by atoms with Crippen molar-refractivity contribution in [2.45, 2.75) is 39.5 Å². The first-order valence-electron chi connectivity index (χ1n) is 10.7. The third-order valence-electron chi connectivity index (χ3n) is 5.01. The van der Waals surface area contributed by atoms with Gasteiger partial charge in [-0.2, -0.15) is 0 Å². The van der Waals surface area contributed by atoms with E-state index in [2.05, 4.69) is 0 Å². The van der Waals surface area contributed by atoms with Crippen LogP contribution in [0.25, 0.3) is 0 Å². The topological polar surface area (TPSA) is 54.0 Å². The molecule has 0 aliphatic heterocycles. The second-order valence-electron chi connectivity index (χ2n) is 7.07. The van der Waals surface area contributed by atoms with Crippen molar-refractivity contribution in [2.75, 3.05) is 39.6 Å². The molecule has 0 aliphatic carbocycles. The van der Waals surface area contributed by atoms with E-state index in [4.69, 9.17) is 18.9 Å². The van der Waals surface area contributed by atoms with Gasteiger partial charge in [0.2, 0.25) is 0 Å². The third-order valence-corrected chi connectivity index (χ3v) is 5.01. The van der Waals surface area contributed by atoms with Gasteiger partial charge in [0.05, 0.1) is 13.2 Å². The van der Waals surface area contributed by atoms with Gasteiger partial charge in [-0.25, -0.2) is 0 Å². The lowest BCUT2D eigenvalue weighted by molar-refractivity contribution is -0.121. The number of Topliss-reactive ketones (excluding diaryl/α,β-unsaturated/α-hetero) is 1. The van der Waals surface area contributed by atoms with E-state index in [-0.39, 0.29) is 17.6 Å². The molecule has 164 valence electrons. The molecular weight excluding hydrogens is 380 g/mol. The zero-order chi connectivity index (χ0) is 21.8. The average molecular weight is 415 g/mol. The Labute approximate surface area is 180 Å². The molecule has 0 bridgehead atoms. The molecular formula is C25H34O5. The highest BCUT2D eigenvalue weighted by Crippen LogP contribution is 2.28. The number of hydrogen-bond donors (Lipinski definition) is 0. The van der Waals surface area contributed by atoms with Crippen LogP contribution in [0.15, 0.2) is 48.5 Å². The van der Waals surface area contributed by atoms with Crippen LogP contribution in [-0.4, -0.2) is 45.4 Å². The number of carbonyl (C=O) groups excluding carboxylic acids is 1. The molecule has 5 heteroatoms. The summed E-state index contributed by atoms with van der Waals surface area (Å²) in [5.41, 5.74) is 1.97. The van der Waals surface area contributed by atoms with Crippen molar-refractivity contribution in [3.8, 4) is 11.5 Å². The van der Waals surface area contributed by atoms with Crippen molar-refractivity contribution in [1.29, 1.82) is 0 Å². The highest BCUT2D eigenvalue weighted by Gasteiger charge is 2.23. The van der Waals surface area contributed by atoms with Crippen LogP contribution in [-0.2, 0) is 14.3 Å². The van der Waals surface area contributed by atoms with Gasteiger partial charge >= 0.3 is 0 Å². The smallest absolute Gasteiger partial charge is 0.147 e. The van der Waals surface area contributed by atoms with Crippen LogP contribution in [0.4, 0.5) is 0 Å². The van der Waals surface area contributed by atoms with Gasteiger partial charge in [0.1, 0.15) is 30.5 Å². The lowest BCUT2D eigenvalue weighted by Gasteiger charge is -2.18. The molecule has 0 radical (unpaired) electrons. The molecule has 5 nitrogen and oxygen atoms in total. The molecule has 0 aromatic heterocycles. The minimum absolute atomic E-state index is 0.185. The molecule has 0 fully saturated rings. The average Bonchev–Trinajstić information content (AvgIpc) is 2.79. The van der Waals surface area contributed by atoms with Gasteiger partial charge in [-0.3, -0.25) is 4.79 Å². The summed E-state index contributed by atoms with van der Waals surface area (Å²) in [6, 6.07) is 15.5. The van der Waals surface area contributed by atoms with E-state index in [9.17, 15) is 4.79 Å². The van der Waals surface area contributed by atoms with E-state index >= 15 is 0 Å². The van der Waals surface area contributed by atoms with Crippen molar-refractivity contribution in [2.24, 2.45) is 0 Å². The van der Waals surface area contributed by atoms with Gasteiger partial charge in [0.25, 0.3) is 0 Å². The van der Waals surface area contributed by atoms with E-state index in [1.54, 1.807) is 0 Å². The number of ketones is 1. The summed E-state index contributed by atoms with van der Waals surface area (Å²) in [5.74, 6) is 1.36. The zero-order valence-corrected chi connectivity index (χ0v) is 18.6. The lowest BCUT2D eigenvalue weighted by Crippen LogP contribution is -2.16. The van der Waals surface area contributed by atoms with Gasteiger partial charge in [-0.05, 0) is 49.2 Å². The maximum atomic E-state index is 13.0. The first-order valence-corrected chi connectivity index (χ1v) is 10.7. The molecule has 0 amide bonds. The van der Waals surface area contributed by atoms with Crippen molar-refractivity contribution >= 4 is 5.78 Å². The summed E-state index contributed by atoms with van der Waals surface area (Å²) in [6.45, 7) is 11.4. The van der Waals surface area contributed by atoms with E-state index < -0.39 is 0 Å². The Kier molecular flexibility index (Phi) is 10.4. The number of ether oxygens (including phenoxy) is 4. The van der Waals surface area contributed by atoms with E-state index in [1.807, 2.05) is 76.2 Å². The summed E-state index contributed by atoms with van der Waals surface area (Å²) in [4.78, 5) is 13.0. The highest BCUT2D eigenvalue weighted by atomic mass is 16.5. The molecule has 2 atom stereocenters. The summed E-state index contributed by atoms with van der Waals surface area (Å²) in [5, 5.41) is 0. The fourth-order valence-electron chi connectivity index (χ4n) is 3.13. The number of hydrogen-bond acceptors (Lipinski definition) is 5. The molecule has 2 aromatic rings. The maximum absolute atomic E-state index is 13.0. The fraction of sp³-hybridized carbons (Fsp3) is 0.480. The molecule has 2 aromatic carbocycles. The van der Waals surface area contributed by atoms with E-state index in [1.165, 1.54) is 0 Å². The first-order chi connectivity index (χ1) is 14.6. The fourth-order valence-corrected chi connectivity index (χ4v) is 3.13. The Hall–Kier alpha value is -2.37. The predicted octanol–water partition coefficient (Wildman–Crippen LogP) is 4.99. The number of carbonyl (C=O) groups is 1. The Bertz CT molecular complexity index is 676. The second-order valence-corrected chi connectivity index (χ2v) is 7.07. The van der Waals surface area contributed by atoms with Crippen molar-refractivity contribution in [3.63, 3.8) is 0 Å². The van der Waals surface area contributed by atoms with Crippen LogP contribution in [0.3, 0.4) is 0 Å². The predicted molar refractivity (Wildman–Crippen MR) is 119 cm³/mol. The molecule has 30 heavy (non-hydrogen) atoms. The quantitative estimate of drug-likeness (QED) is 0.408. The van der Waals surface area contributed by atoms with Gasteiger partial charge in [-0.1, -0.05) is 38.1 Å². The Balaban J connectivity index is 1.90.